The lowest BCUT2D eigenvalue weighted by Gasteiger charge is -2.17. The average Bonchev–Trinajstić information content (AvgIpc) is 2.92. The molecule has 0 aliphatic carbocycles. The number of amides is 1. The van der Waals surface area contributed by atoms with Gasteiger partial charge in [0, 0.05) is 13.7 Å². The number of nitrogens with one attached hydrogen (secondary N) is 2. The molecule has 2 unspecified atom stereocenters. The fraction of sp³-hybridized carbons (Fsp3) is 0.500. The van der Waals surface area contributed by atoms with Gasteiger partial charge in [0.2, 0.25) is 0 Å². The summed E-state index contributed by atoms with van der Waals surface area (Å²) in [5.74, 6) is 0.484. The van der Waals surface area contributed by atoms with Crippen LogP contribution in [0.3, 0.4) is 0 Å². The zero-order chi connectivity index (χ0) is 12.8. The van der Waals surface area contributed by atoms with Crippen LogP contribution in [0, 0.1) is 5.92 Å². The molecular weight excluding hydrogens is 264 g/mol. The van der Waals surface area contributed by atoms with Gasteiger partial charge in [0.1, 0.15) is 0 Å². The van der Waals surface area contributed by atoms with Crippen molar-refractivity contribution in [2.75, 3.05) is 26.7 Å². The molecule has 0 spiro atoms. The van der Waals surface area contributed by atoms with Crippen LogP contribution < -0.4 is 10.6 Å². The molecule has 2 rings (SSSR count). The first-order valence-corrected chi connectivity index (χ1v) is 6.37. The lowest BCUT2D eigenvalue weighted by Crippen LogP contribution is -2.34. The van der Waals surface area contributed by atoms with E-state index in [1.165, 1.54) is 0 Å². The third-order valence-corrected chi connectivity index (χ3v) is 3.30. The van der Waals surface area contributed by atoms with Gasteiger partial charge in [0.25, 0.3) is 5.91 Å². The second kappa shape index (κ2) is 8.15. The number of methoxy groups -OCH3 is 1. The second-order valence-electron chi connectivity index (χ2n) is 4.63. The summed E-state index contributed by atoms with van der Waals surface area (Å²) in [7, 11) is 1.56. The Kier molecular flexibility index (Phi) is 6.84. The van der Waals surface area contributed by atoms with Gasteiger partial charge in [0.05, 0.1) is 0 Å². The minimum absolute atomic E-state index is 0. The molecule has 0 radical (unpaired) electrons. The maximum Gasteiger partial charge on any atom is 0.253 e. The SMILES string of the molecule is COC(C(=O)NCC1CCNC1)c1ccccc1.Cl. The minimum Gasteiger partial charge on any atom is -0.367 e. The van der Waals surface area contributed by atoms with Crippen LogP contribution in [0.2, 0.25) is 0 Å². The molecule has 4 nitrogen and oxygen atoms in total. The highest BCUT2D eigenvalue weighted by molar-refractivity contribution is 5.85. The van der Waals surface area contributed by atoms with E-state index in [2.05, 4.69) is 10.6 Å². The number of hydrogen-bond donors (Lipinski definition) is 2. The van der Waals surface area contributed by atoms with E-state index in [0.717, 1.165) is 31.6 Å². The Labute approximate surface area is 120 Å². The molecule has 1 aliphatic rings. The molecule has 106 valence electrons. The van der Waals surface area contributed by atoms with Crippen LogP contribution in [0.25, 0.3) is 0 Å². The lowest BCUT2D eigenvalue weighted by molar-refractivity contribution is -0.131. The molecule has 1 aromatic carbocycles. The topological polar surface area (TPSA) is 50.4 Å². The second-order valence-corrected chi connectivity index (χ2v) is 4.63. The summed E-state index contributed by atoms with van der Waals surface area (Å²) in [6, 6.07) is 9.57. The fourth-order valence-electron chi connectivity index (χ4n) is 2.25. The normalized spacial score (nSPS) is 19.5. The average molecular weight is 285 g/mol. The van der Waals surface area contributed by atoms with Crippen LogP contribution in [0.15, 0.2) is 30.3 Å². The van der Waals surface area contributed by atoms with Gasteiger partial charge in [-0.1, -0.05) is 30.3 Å². The Morgan fingerprint density at radius 2 is 2.21 bits per heavy atom. The number of carbonyl (C=O) groups excluding carboxylic acids is 1. The highest BCUT2D eigenvalue weighted by Crippen LogP contribution is 2.16. The first kappa shape index (κ1) is 16.0. The molecule has 1 fully saturated rings. The van der Waals surface area contributed by atoms with Crippen LogP contribution in [0.4, 0.5) is 0 Å². The van der Waals surface area contributed by atoms with Crippen molar-refractivity contribution in [3.8, 4) is 0 Å². The summed E-state index contributed by atoms with van der Waals surface area (Å²) in [6.45, 7) is 2.76. The van der Waals surface area contributed by atoms with Crippen molar-refractivity contribution in [1.82, 2.24) is 10.6 Å². The Morgan fingerprint density at radius 3 is 2.79 bits per heavy atom. The van der Waals surface area contributed by atoms with Crippen LogP contribution in [-0.2, 0) is 9.53 Å². The summed E-state index contributed by atoms with van der Waals surface area (Å²) < 4.78 is 5.29. The molecule has 19 heavy (non-hydrogen) atoms. The maximum atomic E-state index is 12.1. The Bertz CT molecular complexity index is 380. The quantitative estimate of drug-likeness (QED) is 0.862. The van der Waals surface area contributed by atoms with E-state index in [9.17, 15) is 4.79 Å². The van der Waals surface area contributed by atoms with Crippen LogP contribution in [-0.4, -0.2) is 32.7 Å². The van der Waals surface area contributed by atoms with Gasteiger partial charge in [-0.3, -0.25) is 4.79 Å². The van der Waals surface area contributed by atoms with Gasteiger partial charge in [-0.2, -0.15) is 0 Å². The molecule has 1 aliphatic heterocycles. The van der Waals surface area contributed by atoms with Crippen molar-refractivity contribution >= 4 is 18.3 Å². The number of hydrogen-bond acceptors (Lipinski definition) is 3. The fourth-order valence-corrected chi connectivity index (χ4v) is 2.25. The zero-order valence-corrected chi connectivity index (χ0v) is 11.9. The van der Waals surface area contributed by atoms with Crippen molar-refractivity contribution in [3.05, 3.63) is 35.9 Å². The van der Waals surface area contributed by atoms with E-state index in [4.69, 9.17) is 4.74 Å². The van der Waals surface area contributed by atoms with Crippen LogP contribution in [0.5, 0.6) is 0 Å². The van der Waals surface area contributed by atoms with Gasteiger partial charge in [0.15, 0.2) is 6.10 Å². The highest BCUT2D eigenvalue weighted by Gasteiger charge is 2.21. The molecule has 0 aromatic heterocycles. The number of benzene rings is 1. The smallest absolute Gasteiger partial charge is 0.253 e. The first-order chi connectivity index (χ1) is 8.81. The van der Waals surface area contributed by atoms with E-state index >= 15 is 0 Å². The molecule has 1 aromatic rings. The minimum atomic E-state index is -0.513. The molecule has 1 heterocycles. The van der Waals surface area contributed by atoms with Gasteiger partial charge in [-0.05, 0) is 31.0 Å². The van der Waals surface area contributed by atoms with E-state index in [1.54, 1.807) is 7.11 Å². The largest absolute Gasteiger partial charge is 0.367 e. The van der Waals surface area contributed by atoms with E-state index < -0.39 is 6.10 Å². The summed E-state index contributed by atoms with van der Waals surface area (Å²) in [5.41, 5.74) is 0.891. The van der Waals surface area contributed by atoms with Crippen molar-refractivity contribution in [3.63, 3.8) is 0 Å². The number of carbonyl (C=O) groups is 1. The molecule has 1 saturated heterocycles. The van der Waals surface area contributed by atoms with Crippen molar-refractivity contribution in [1.29, 1.82) is 0 Å². The Hall–Kier alpha value is -1.10. The molecule has 2 N–H and O–H groups in total. The standard InChI is InChI=1S/C14H20N2O2.ClH/c1-18-13(12-5-3-2-4-6-12)14(17)16-10-11-7-8-15-9-11;/h2-6,11,13,15H,7-10H2,1H3,(H,16,17);1H. The Morgan fingerprint density at radius 1 is 1.47 bits per heavy atom. The summed E-state index contributed by atoms with van der Waals surface area (Å²) >= 11 is 0. The number of ether oxygens (including phenoxy) is 1. The summed E-state index contributed by atoms with van der Waals surface area (Å²) in [5, 5.41) is 6.26. The van der Waals surface area contributed by atoms with E-state index in [0.29, 0.717) is 5.92 Å². The van der Waals surface area contributed by atoms with Crippen molar-refractivity contribution in [2.24, 2.45) is 5.92 Å². The predicted octanol–water partition coefficient (Wildman–Crippen LogP) is 1.52. The summed E-state index contributed by atoms with van der Waals surface area (Å²) in [6.07, 6.45) is 0.615. The monoisotopic (exact) mass is 284 g/mol. The van der Waals surface area contributed by atoms with Gasteiger partial charge in [-0.25, -0.2) is 0 Å². The maximum absolute atomic E-state index is 12.1. The third kappa shape index (κ3) is 4.49. The zero-order valence-electron chi connectivity index (χ0n) is 11.1. The molecule has 0 bridgehead atoms. The lowest BCUT2D eigenvalue weighted by atomic mass is 10.1. The van der Waals surface area contributed by atoms with E-state index in [1.807, 2.05) is 30.3 Å². The summed E-state index contributed by atoms with van der Waals surface area (Å²) in [4.78, 5) is 12.1. The van der Waals surface area contributed by atoms with Gasteiger partial charge < -0.3 is 15.4 Å². The highest BCUT2D eigenvalue weighted by atomic mass is 35.5. The van der Waals surface area contributed by atoms with Gasteiger partial charge >= 0.3 is 0 Å². The molecule has 5 heteroatoms. The van der Waals surface area contributed by atoms with Crippen LogP contribution in [0.1, 0.15) is 18.1 Å². The number of halogens is 1. The van der Waals surface area contributed by atoms with Crippen molar-refractivity contribution in [2.45, 2.75) is 12.5 Å². The third-order valence-electron chi connectivity index (χ3n) is 3.30. The molecule has 2 atom stereocenters. The van der Waals surface area contributed by atoms with Crippen molar-refractivity contribution < 1.29 is 9.53 Å². The van der Waals surface area contributed by atoms with Crippen LogP contribution >= 0.6 is 12.4 Å². The Balaban J connectivity index is 0.00000180. The first-order valence-electron chi connectivity index (χ1n) is 6.37. The predicted molar refractivity (Wildman–Crippen MR) is 77.4 cm³/mol. The molecular formula is C14H21ClN2O2. The molecule has 0 saturated carbocycles. The van der Waals surface area contributed by atoms with Gasteiger partial charge in [-0.15, -0.1) is 12.4 Å². The number of rotatable bonds is 5. The van der Waals surface area contributed by atoms with E-state index in [-0.39, 0.29) is 18.3 Å². The molecule has 1 amide bonds.